The van der Waals surface area contributed by atoms with Gasteiger partial charge in [0.25, 0.3) is 5.56 Å². The van der Waals surface area contributed by atoms with Crippen LogP contribution in [0.1, 0.15) is 30.1 Å². The van der Waals surface area contributed by atoms with E-state index >= 15 is 0 Å². The van der Waals surface area contributed by atoms with Crippen molar-refractivity contribution in [3.05, 3.63) is 70.8 Å². The molecule has 0 saturated heterocycles. The topological polar surface area (TPSA) is 70.4 Å². The maximum atomic E-state index is 12.4. The zero-order valence-corrected chi connectivity index (χ0v) is 15.3. The van der Waals surface area contributed by atoms with Crippen LogP contribution >= 0.6 is 0 Å². The lowest BCUT2D eigenvalue weighted by Crippen LogP contribution is -2.23. The molecule has 27 heavy (non-hydrogen) atoms. The molecule has 1 heterocycles. The number of fused-ring (bicyclic) bond motifs is 1. The SMILES string of the molecule is CCCCOc1ccc(C(=O)OCCn2cnc3ccccc3c2=O)cc1. The van der Waals surface area contributed by atoms with Crippen LogP contribution in [-0.4, -0.2) is 28.7 Å². The maximum absolute atomic E-state index is 12.4. The van der Waals surface area contributed by atoms with E-state index < -0.39 is 5.97 Å². The number of rotatable bonds is 8. The van der Waals surface area contributed by atoms with E-state index in [-0.39, 0.29) is 18.7 Å². The Hall–Kier alpha value is -3.15. The highest BCUT2D eigenvalue weighted by molar-refractivity contribution is 5.89. The van der Waals surface area contributed by atoms with Crippen LogP contribution in [0.5, 0.6) is 5.75 Å². The molecule has 2 aromatic carbocycles. The van der Waals surface area contributed by atoms with Crippen LogP contribution in [0.3, 0.4) is 0 Å². The first-order valence-electron chi connectivity index (χ1n) is 9.03. The summed E-state index contributed by atoms with van der Waals surface area (Å²) in [5.74, 6) is 0.297. The van der Waals surface area contributed by atoms with Gasteiger partial charge in [0.2, 0.25) is 0 Å². The predicted octanol–water partition coefficient (Wildman–Crippen LogP) is 3.43. The van der Waals surface area contributed by atoms with Gasteiger partial charge in [0.1, 0.15) is 12.4 Å². The van der Waals surface area contributed by atoms with Crippen molar-refractivity contribution in [1.29, 1.82) is 0 Å². The van der Waals surface area contributed by atoms with Crippen LogP contribution in [0, 0.1) is 0 Å². The van der Waals surface area contributed by atoms with E-state index in [0.29, 0.717) is 23.1 Å². The van der Waals surface area contributed by atoms with E-state index in [1.165, 1.54) is 10.9 Å². The van der Waals surface area contributed by atoms with Crippen LogP contribution in [0.4, 0.5) is 0 Å². The normalized spacial score (nSPS) is 10.7. The van der Waals surface area contributed by atoms with Gasteiger partial charge in [-0.2, -0.15) is 0 Å². The number of nitrogens with zero attached hydrogens (tertiary/aromatic N) is 2. The van der Waals surface area contributed by atoms with Crippen LogP contribution < -0.4 is 10.3 Å². The van der Waals surface area contributed by atoms with Crippen LogP contribution in [-0.2, 0) is 11.3 Å². The molecule has 0 spiro atoms. The number of benzene rings is 2. The quantitative estimate of drug-likeness (QED) is 0.451. The largest absolute Gasteiger partial charge is 0.494 e. The lowest BCUT2D eigenvalue weighted by atomic mass is 10.2. The summed E-state index contributed by atoms with van der Waals surface area (Å²) in [4.78, 5) is 28.8. The standard InChI is InChI=1S/C21H22N2O4/c1-2-3-13-26-17-10-8-16(9-11-17)21(25)27-14-12-23-15-22-19-7-5-4-6-18(19)20(23)24/h4-11,15H,2-3,12-14H2,1H3. The number of para-hydroxylation sites is 1. The number of esters is 1. The monoisotopic (exact) mass is 366 g/mol. The molecule has 0 aliphatic rings. The van der Waals surface area contributed by atoms with Gasteiger partial charge in [-0.1, -0.05) is 25.5 Å². The zero-order valence-electron chi connectivity index (χ0n) is 15.3. The van der Waals surface area contributed by atoms with E-state index in [2.05, 4.69) is 11.9 Å². The van der Waals surface area contributed by atoms with Gasteiger partial charge in [0.15, 0.2) is 0 Å². The molecule has 0 atom stereocenters. The van der Waals surface area contributed by atoms with Gasteiger partial charge in [-0.15, -0.1) is 0 Å². The van der Waals surface area contributed by atoms with Gasteiger partial charge in [0.05, 0.1) is 35.9 Å². The fourth-order valence-corrected chi connectivity index (χ4v) is 2.61. The maximum Gasteiger partial charge on any atom is 0.338 e. The lowest BCUT2D eigenvalue weighted by molar-refractivity contribution is 0.0490. The molecule has 0 unspecified atom stereocenters. The Balaban J connectivity index is 1.55. The van der Waals surface area contributed by atoms with Gasteiger partial charge in [-0.25, -0.2) is 9.78 Å². The van der Waals surface area contributed by atoms with Gasteiger partial charge in [-0.3, -0.25) is 9.36 Å². The number of carbonyl (C=O) groups is 1. The highest BCUT2D eigenvalue weighted by Gasteiger charge is 2.08. The van der Waals surface area contributed by atoms with Crippen LogP contribution in [0.2, 0.25) is 0 Å². The van der Waals surface area contributed by atoms with E-state index in [1.807, 2.05) is 6.07 Å². The summed E-state index contributed by atoms with van der Waals surface area (Å²) in [6.45, 7) is 3.10. The molecule has 6 heteroatoms. The molecule has 140 valence electrons. The second kappa shape index (κ2) is 8.98. The minimum absolute atomic E-state index is 0.0908. The molecule has 0 bridgehead atoms. The van der Waals surface area contributed by atoms with Crippen molar-refractivity contribution in [2.45, 2.75) is 26.3 Å². The number of hydrogen-bond acceptors (Lipinski definition) is 5. The average Bonchev–Trinajstić information content (AvgIpc) is 2.70. The number of unbranched alkanes of at least 4 members (excludes halogenated alkanes) is 1. The molecule has 6 nitrogen and oxygen atoms in total. The molecular weight excluding hydrogens is 344 g/mol. The van der Waals surface area contributed by atoms with E-state index in [0.717, 1.165) is 18.6 Å². The zero-order chi connectivity index (χ0) is 19.1. The smallest absolute Gasteiger partial charge is 0.338 e. The Bertz CT molecular complexity index is 964. The Morgan fingerprint density at radius 3 is 2.63 bits per heavy atom. The second-order valence-corrected chi connectivity index (χ2v) is 6.12. The Morgan fingerprint density at radius 2 is 1.85 bits per heavy atom. The molecule has 1 aromatic heterocycles. The second-order valence-electron chi connectivity index (χ2n) is 6.12. The Labute approximate surface area is 157 Å². The van der Waals surface area contributed by atoms with E-state index in [1.54, 1.807) is 42.5 Å². The third kappa shape index (κ3) is 4.73. The molecular formula is C21H22N2O4. The number of hydrogen-bond donors (Lipinski definition) is 0. The van der Waals surface area contributed by atoms with Crippen molar-refractivity contribution in [3.63, 3.8) is 0 Å². The van der Waals surface area contributed by atoms with Gasteiger partial charge in [0, 0.05) is 0 Å². The van der Waals surface area contributed by atoms with Crippen molar-refractivity contribution in [2.75, 3.05) is 13.2 Å². The molecule has 0 aliphatic carbocycles. The lowest BCUT2D eigenvalue weighted by Gasteiger charge is -2.09. The molecule has 0 radical (unpaired) electrons. The summed E-state index contributed by atoms with van der Waals surface area (Å²) >= 11 is 0. The highest BCUT2D eigenvalue weighted by Crippen LogP contribution is 2.13. The van der Waals surface area contributed by atoms with Crippen LogP contribution in [0.25, 0.3) is 10.9 Å². The van der Waals surface area contributed by atoms with Crippen molar-refractivity contribution in [1.82, 2.24) is 9.55 Å². The predicted molar refractivity (Wildman–Crippen MR) is 103 cm³/mol. The van der Waals surface area contributed by atoms with Crippen molar-refractivity contribution < 1.29 is 14.3 Å². The van der Waals surface area contributed by atoms with Gasteiger partial charge in [-0.05, 0) is 42.8 Å². The Kier molecular flexibility index (Phi) is 6.20. The Morgan fingerprint density at radius 1 is 1.07 bits per heavy atom. The molecule has 3 rings (SSSR count). The summed E-state index contributed by atoms with van der Waals surface area (Å²) < 4.78 is 12.3. The number of aromatic nitrogens is 2. The summed E-state index contributed by atoms with van der Waals surface area (Å²) in [6, 6.07) is 14.0. The summed E-state index contributed by atoms with van der Waals surface area (Å²) in [7, 11) is 0. The van der Waals surface area contributed by atoms with Gasteiger partial charge < -0.3 is 9.47 Å². The number of ether oxygens (including phenoxy) is 2. The van der Waals surface area contributed by atoms with E-state index in [4.69, 9.17) is 9.47 Å². The summed E-state index contributed by atoms with van der Waals surface area (Å²) in [5, 5.41) is 0.546. The van der Waals surface area contributed by atoms with Crippen LogP contribution in [0.15, 0.2) is 59.7 Å². The molecule has 3 aromatic rings. The fraction of sp³-hybridized carbons (Fsp3) is 0.286. The summed E-state index contributed by atoms with van der Waals surface area (Å²) in [5.41, 5.74) is 0.948. The minimum atomic E-state index is -0.433. The van der Waals surface area contributed by atoms with E-state index in [9.17, 15) is 9.59 Å². The van der Waals surface area contributed by atoms with Gasteiger partial charge >= 0.3 is 5.97 Å². The molecule has 0 aliphatic heterocycles. The fourth-order valence-electron chi connectivity index (χ4n) is 2.61. The third-order valence-electron chi connectivity index (χ3n) is 4.15. The first kappa shape index (κ1) is 18.6. The summed E-state index contributed by atoms with van der Waals surface area (Å²) in [6.07, 6.45) is 3.54. The first-order chi connectivity index (χ1) is 13.2. The molecule has 0 fully saturated rings. The first-order valence-corrected chi connectivity index (χ1v) is 9.03. The molecule has 0 saturated carbocycles. The van der Waals surface area contributed by atoms with Crippen molar-refractivity contribution in [3.8, 4) is 5.75 Å². The van der Waals surface area contributed by atoms with Crippen molar-refractivity contribution in [2.24, 2.45) is 0 Å². The number of carbonyl (C=O) groups excluding carboxylic acids is 1. The van der Waals surface area contributed by atoms with Crippen molar-refractivity contribution >= 4 is 16.9 Å². The average molecular weight is 366 g/mol. The third-order valence-corrected chi connectivity index (χ3v) is 4.15. The molecule has 0 amide bonds. The highest BCUT2D eigenvalue weighted by atomic mass is 16.5. The minimum Gasteiger partial charge on any atom is -0.494 e. The molecule has 0 N–H and O–H groups in total.